The van der Waals surface area contributed by atoms with Crippen molar-refractivity contribution in [1.82, 2.24) is 24.5 Å². The molecule has 3 heterocycles. The number of nitrogens with zero attached hydrogens (tertiary/aromatic N) is 6. The van der Waals surface area contributed by atoms with Crippen molar-refractivity contribution in [3.63, 3.8) is 0 Å². The Kier molecular flexibility index (Phi) is 3.68. The van der Waals surface area contributed by atoms with Gasteiger partial charge in [0.05, 0.1) is 16.7 Å². The van der Waals surface area contributed by atoms with Crippen LogP contribution in [0.2, 0.25) is 0 Å². The van der Waals surface area contributed by atoms with Crippen molar-refractivity contribution in [3.05, 3.63) is 33.9 Å². The molecule has 0 bridgehead atoms. The fourth-order valence-corrected chi connectivity index (χ4v) is 3.26. The van der Waals surface area contributed by atoms with E-state index in [1.54, 1.807) is 31.8 Å². The molecule has 0 atom stereocenters. The molecule has 3 rings (SSSR count). The molecular weight excluding hydrogens is 320 g/mol. The highest BCUT2D eigenvalue weighted by atomic mass is 32.2. The van der Waals surface area contributed by atoms with E-state index in [1.807, 2.05) is 13.0 Å². The Hall–Kier alpha value is -2.62. The Morgan fingerprint density at radius 3 is 2.65 bits per heavy atom. The molecule has 0 aliphatic rings. The summed E-state index contributed by atoms with van der Waals surface area (Å²) in [4.78, 5) is 10.8. The first-order valence-corrected chi connectivity index (χ1v) is 7.51. The highest BCUT2D eigenvalue weighted by Crippen LogP contribution is 2.36. The summed E-state index contributed by atoms with van der Waals surface area (Å²) in [6, 6.07) is 1.81. The van der Waals surface area contributed by atoms with Gasteiger partial charge in [-0.25, -0.2) is 0 Å². The summed E-state index contributed by atoms with van der Waals surface area (Å²) in [6.07, 6.45) is 1.58. The molecule has 0 saturated carbocycles. The molecule has 120 valence electrons. The molecule has 0 radical (unpaired) electrons. The molecule has 0 amide bonds. The second-order valence-corrected chi connectivity index (χ2v) is 5.93. The summed E-state index contributed by atoms with van der Waals surface area (Å²) in [6.45, 7) is 3.45. The van der Waals surface area contributed by atoms with Crippen LogP contribution in [0, 0.1) is 24.0 Å². The number of nitro groups is 1. The van der Waals surface area contributed by atoms with Crippen LogP contribution < -0.4 is 0 Å². The predicted molar refractivity (Wildman–Crippen MR) is 82.2 cm³/mol. The Labute approximate surface area is 135 Å². The van der Waals surface area contributed by atoms with Crippen molar-refractivity contribution in [2.45, 2.75) is 24.0 Å². The van der Waals surface area contributed by atoms with Gasteiger partial charge in [-0.3, -0.25) is 14.8 Å². The van der Waals surface area contributed by atoms with E-state index >= 15 is 0 Å². The van der Waals surface area contributed by atoms with Gasteiger partial charge < -0.3 is 8.98 Å². The maximum atomic E-state index is 11.3. The summed E-state index contributed by atoms with van der Waals surface area (Å²) < 4.78 is 8.54. The van der Waals surface area contributed by atoms with E-state index in [0.29, 0.717) is 21.7 Å². The highest BCUT2D eigenvalue weighted by molar-refractivity contribution is 7.99. The fraction of sp³-hybridized carbons (Fsp3) is 0.308. The number of furan rings is 1. The van der Waals surface area contributed by atoms with Gasteiger partial charge in [-0.15, -0.1) is 10.2 Å². The lowest BCUT2D eigenvalue weighted by Crippen LogP contribution is -1.98. The third-order valence-electron chi connectivity index (χ3n) is 3.44. The fourth-order valence-electron chi connectivity index (χ4n) is 2.29. The van der Waals surface area contributed by atoms with E-state index < -0.39 is 4.92 Å². The minimum atomic E-state index is -0.428. The Bertz CT molecular complexity index is 894. The van der Waals surface area contributed by atoms with Gasteiger partial charge in [0.25, 0.3) is 0 Å². The molecule has 3 aromatic rings. The molecule has 0 aromatic carbocycles. The molecule has 0 N–H and O–H groups in total. The van der Waals surface area contributed by atoms with E-state index in [2.05, 4.69) is 15.3 Å². The maximum Gasteiger partial charge on any atom is 0.324 e. The van der Waals surface area contributed by atoms with E-state index in [9.17, 15) is 10.1 Å². The zero-order valence-corrected chi connectivity index (χ0v) is 13.8. The van der Waals surface area contributed by atoms with Crippen LogP contribution in [-0.2, 0) is 14.1 Å². The van der Waals surface area contributed by atoms with Gasteiger partial charge in [0.2, 0.25) is 0 Å². The van der Waals surface area contributed by atoms with Gasteiger partial charge in [0.1, 0.15) is 11.5 Å². The molecule has 10 heteroatoms. The molecule has 0 unspecified atom stereocenters. The minimum absolute atomic E-state index is 0.0125. The van der Waals surface area contributed by atoms with Gasteiger partial charge in [-0.1, -0.05) is 0 Å². The Morgan fingerprint density at radius 2 is 2.04 bits per heavy atom. The van der Waals surface area contributed by atoms with Crippen LogP contribution in [0.4, 0.5) is 5.69 Å². The van der Waals surface area contributed by atoms with Gasteiger partial charge in [-0.05, 0) is 31.7 Å². The predicted octanol–water partition coefficient (Wildman–Crippen LogP) is 2.48. The number of aryl methyl sites for hydroxylation is 3. The third kappa shape index (κ3) is 2.50. The number of hydrogen-bond acceptors (Lipinski definition) is 7. The van der Waals surface area contributed by atoms with Crippen LogP contribution in [0.3, 0.4) is 0 Å². The average Bonchev–Trinajstić information content (AvgIpc) is 3.11. The van der Waals surface area contributed by atoms with E-state index in [-0.39, 0.29) is 5.69 Å². The summed E-state index contributed by atoms with van der Waals surface area (Å²) in [5.41, 5.74) is 1.19. The van der Waals surface area contributed by atoms with Gasteiger partial charge >= 0.3 is 5.69 Å². The van der Waals surface area contributed by atoms with Crippen molar-refractivity contribution >= 4 is 17.4 Å². The van der Waals surface area contributed by atoms with Crippen molar-refractivity contribution in [3.8, 4) is 11.4 Å². The number of aromatic nitrogens is 5. The second-order valence-electron chi connectivity index (χ2n) is 4.98. The summed E-state index contributed by atoms with van der Waals surface area (Å²) in [5, 5.41) is 24.6. The first-order valence-electron chi connectivity index (χ1n) is 6.69. The molecule has 23 heavy (non-hydrogen) atoms. The molecule has 0 spiro atoms. The summed E-state index contributed by atoms with van der Waals surface area (Å²) in [5.74, 6) is 1.37. The monoisotopic (exact) mass is 334 g/mol. The van der Waals surface area contributed by atoms with Crippen LogP contribution in [0.25, 0.3) is 11.4 Å². The van der Waals surface area contributed by atoms with Crippen LogP contribution in [-0.4, -0.2) is 29.5 Å². The highest BCUT2D eigenvalue weighted by Gasteiger charge is 2.27. The van der Waals surface area contributed by atoms with Crippen LogP contribution >= 0.6 is 11.8 Å². The van der Waals surface area contributed by atoms with Crippen LogP contribution in [0.15, 0.2) is 26.9 Å². The zero-order chi connectivity index (χ0) is 16.7. The second kappa shape index (κ2) is 5.54. The quantitative estimate of drug-likeness (QED) is 0.533. The standard InChI is InChI=1S/C13H14N6O3S/c1-7-10(19(20)21)12(18(4)16-7)23-13-15-14-11(17(13)3)9-5-6-22-8(9)2/h5-6H,1-4H3. The minimum Gasteiger partial charge on any atom is -0.469 e. The molecule has 0 aliphatic heterocycles. The van der Waals surface area contributed by atoms with Gasteiger partial charge in [0.15, 0.2) is 16.0 Å². The van der Waals surface area contributed by atoms with Crippen molar-refractivity contribution in [2.75, 3.05) is 0 Å². The van der Waals surface area contributed by atoms with Crippen molar-refractivity contribution in [2.24, 2.45) is 14.1 Å². The summed E-state index contributed by atoms with van der Waals surface area (Å²) in [7, 11) is 3.47. The normalized spacial score (nSPS) is 11.1. The SMILES string of the molecule is Cc1nn(C)c(Sc2nnc(-c3ccoc3C)n2C)c1[N+](=O)[O-]. The zero-order valence-electron chi connectivity index (χ0n) is 13.0. The molecule has 3 aromatic heterocycles. The smallest absolute Gasteiger partial charge is 0.324 e. The lowest BCUT2D eigenvalue weighted by atomic mass is 10.2. The molecule has 0 aliphatic carbocycles. The maximum absolute atomic E-state index is 11.3. The first-order chi connectivity index (χ1) is 10.9. The number of rotatable bonds is 4. The van der Waals surface area contributed by atoms with Crippen LogP contribution in [0.1, 0.15) is 11.5 Å². The molecule has 0 saturated heterocycles. The van der Waals surface area contributed by atoms with E-state index in [0.717, 1.165) is 23.1 Å². The topological polar surface area (TPSA) is 105 Å². The van der Waals surface area contributed by atoms with Gasteiger partial charge in [0, 0.05) is 14.1 Å². The Morgan fingerprint density at radius 1 is 1.30 bits per heavy atom. The molecule has 9 nitrogen and oxygen atoms in total. The molecular formula is C13H14N6O3S. The van der Waals surface area contributed by atoms with Crippen LogP contribution in [0.5, 0.6) is 0 Å². The number of hydrogen-bond donors (Lipinski definition) is 0. The van der Waals surface area contributed by atoms with E-state index in [1.165, 1.54) is 4.68 Å². The van der Waals surface area contributed by atoms with Crippen molar-refractivity contribution < 1.29 is 9.34 Å². The summed E-state index contributed by atoms with van der Waals surface area (Å²) >= 11 is 1.16. The van der Waals surface area contributed by atoms with Crippen molar-refractivity contribution in [1.29, 1.82) is 0 Å². The first kappa shape index (κ1) is 15.3. The Balaban J connectivity index is 2.02. The largest absolute Gasteiger partial charge is 0.469 e. The van der Waals surface area contributed by atoms with Gasteiger partial charge in [-0.2, -0.15) is 5.10 Å². The lowest BCUT2D eigenvalue weighted by Gasteiger charge is -2.03. The average molecular weight is 334 g/mol. The lowest BCUT2D eigenvalue weighted by molar-refractivity contribution is -0.388. The van der Waals surface area contributed by atoms with E-state index in [4.69, 9.17) is 4.42 Å². The third-order valence-corrected chi connectivity index (χ3v) is 4.63. The molecule has 0 fully saturated rings.